The van der Waals surface area contributed by atoms with Gasteiger partial charge >= 0.3 is 0 Å². The Kier molecular flexibility index (Phi) is 4.25. The Morgan fingerprint density at radius 3 is 3.00 bits per heavy atom. The summed E-state index contributed by atoms with van der Waals surface area (Å²) < 4.78 is 13.7. The standard InChI is InChI=1S/C12H13BrClFN2O/c1-7-6-17(3-2-16-7)12(18)8-4-11(15)9(13)5-10(8)14/h4-5,7,16H,2-3,6H2,1H3. The van der Waals surface area contributed by atoms with Gasteiger partial charge in [0, 0.05) is 25.7 Å². The van der Waals surface area contributed by atoms with Crippen molar-refractivity contribution < 1.29 is 9.18 Å². The summed E-state index contributed by atoms with van der Waals surface area (Å²) in [5.41, 5.74) is 0.214. The van der Waals surface area contributed by atoms with E-state index in [-0.39, 0.29) is 27.0 Å². The molecule has 0 radical (unpaired) electrons. The molecule has 18 heavy (non-hydrogen) atoms. The molecule has 98 valence electrons. The van der Waals surface area contributed by atoms with Gasteiger partial charge in [-0.25, -0.2) is 4.39 Å². The van der Waals surface area contributed by atoms with Crippen molar-refractivity contribution >= 4 is 33.4 Å². The first-order valence-electron chi connectivity index (χ1n) is 5.66. The third-order valence-corrected chi connectivity index (χ3v) is 3.82. The van der Waals surface area contributed by atoms with E-state index in [4.69, 9.17) is 11.6 Å². The highest BCUT2D eigenvalue weighted by Gasteiger charge is 2.24. The van der Waals surface area contributed by atoms with Crippen LogP contribution in [0.3, 0.4) is 0 Å². The second kappa shape index (κ2) is 5.55. The van der Waals surface area contributed by atoms with Crippen molar-refractivity contribution in [2.24, 2.45) is 0 Å². The monoisotopic (exact) mass is 334 g/mol. The quantitative estimate of drug-likeness (QED) is 0.800. The average molecular weight is 336 g/mol. The van der Waals surface area contributed by atoms with E-state index in [2.05, 4.69) is 21.2 Å². The highest BCUT2D eigenvalue weighted by molar-refractivity contribution is 9.10. The van der Waals surface area contributed by atoms with Gasteiger partial charge in [-0.3, -0.25) is 4.79 Å². The van der Waals surface area contributed by atoms with Gasteiger partial charge in [-0.15, -0.1) is 0 Å². The molecule has 1 N–H and O–H groups in total. The van der Waals surface area contributed by atoms with Gasteiger partial charge in [-0.2, -0.15) is 0 Å². The number of amides is 1. The SMILES string of the molecule is CC1CN(C(=O)c2cc(F)c(Br)cc2Cl)CCN1. The minimum absolute atomic E-state index is 0.214. The Bertz CT molecular complexity index is 483. The molecule has 1 amide bonds. The van der Waals surface area contributed by atoms with Crippen molar-refractivity contribution in [2.75, 3.05) is 19.6 Å². The molecule has 1 aliphatic rings. The molecule has 0 spiro atoms. The Balaban J connectivity index is 2.25. The molecule has 1 atom stereocenters. The number of nitrogens with zero attached hydrogens (tertiary/aromatic N) is 1. The summed E-state index contributed by atoms with van der Waals surface area (Å²) in [5, 5.41) is 3.51. The Labute approximate surface area is 118 Å². The number of carbonyl (C=O) groups is 1. The van der Waals surface area contributed by atoms with E-state index in [0.717, 1.165) is 6.54 Å². The first kappa shape index (κ1) is 13.8. The molecule has 1 heterocycles. The number of hydrogen-bond donors (Lipinski definition) is 1. The molecule has 1 fully saturated rings. The molecular weight excluding hydrogens is 323 g/mol. The van der Waals surface area contributed by atoms with Crippen LogP contribution in [0, 0.1) is 5.82 Å². The zero-order chi connectivity index (χ0) is 13.3. The highest BCUT2D eigenvalue weighted by atomic mass is 79.9. The largest absolute Gasteiger partial charge is 0.336 e. The van der Waals surface area contributed by atoms with Crippen molar-refractivity contribution in [3.63, 3.8) is 0 Å². The average Bonchev–Trinajstić information content (AvgIpc) is 2.33. The van der Waals surface area contributed by atoms with E-state index in [0.29, 0.717) is 13.1 Å². The fourth-order valence-electron chi connectivity index (χ4n) is 1.97. The van der Waals surface area contributed by atoms with Gasteiger partial charge in [0.1, 0.15) is 5.82 Å². The number of halogens is 3. The first-order chi connectivity index (χ1) is 8.49. The smallest absolute Gasteiger partial charge is 0.255 e. The fourth-order valence-corrected chi connectivity index (χ4v) is 2.69. The number of rotatable bonds is 1. The van der Waals surface area contributed by atoms with Crippen LogP contribution in [0.5, 0.6) is 0 Å². The van der Waals surface area contributed by atoms with Gasteiger partial charge in [-0.05, 0) is 35.0 Å². The zero-order valence-electron chi connectivity index (χ0n) is 9.84. The molecular formula is C12H13BrClFN2O. The van der Waals surface area contributed by atoms with E-state index in [9.17, 15) is 9.18 Å². The number of benzene rings is 1. The van der Waals surface area contributed by atoms with Crippen molar-refractivity contribution in [1.82, 2.24) is 10.2 Å². The second-order valence-electron chi connectivity index (χ2n) is 4.35. The summed E-state index contributed by atoms with van der Waals surface area (Å²) in [5.74, 6) is -0.703. The fraction of sp³-hybridized carbons (Fsp3) is 0.417. The van der Waals surface area contributed by atoms with E-state index in [1.807, 2.05) is 6.92 Å². The van der Waals surface area contributed by atoms with Crippen LogP contribution in [0.1, 0.15) is 17.3 Å². The van der Waals surface area contributed by atoms with Crippen LogP contribution in [0.15, 0.2) is 16.6 Å². The van der Waals surface area contributed by atoms with Crippen LogP contribution in [0.25, 0.3) is 0 Å². The van der Waals surface area contributed by atoms with E-state index >= 15 is 0 Å². The molecule has 2 rings (SSSR count). The molecule has 1 unspecified atom stereocenters. The minimum atomic E-state index is -0.481. The molecule has 1 aromatic carbocycles. The summed E-state index contributed by atoms with van der Waals surface area (Å²) in [7, 11) is 0. The molecule has 6 heteroatoms. The molecule has 1 aromatic rings. The summed E-state index contributed by atoms with van der Waals surface area (Å²) in [6.07, 6.45) is 0. The molecule has 3 nitrogen and oxygen atoms in total. The molecule has 0 aliphatic carbocycles. The maximum Gasteiger partial charge on any atom is 0.255 e. The minimum Gasteiger partial charge on any atom is -0.336 e. The molecule has 0 bridgehead atoms. The van der Waals surface area contributed by atoms with Crippen molar-refractivity contribution in [3.8, 4) is 0 Å². The lowest BCUT2D eigenvalue weighted by Crippen LogP contribution is -2.51. The van der Waals surface area contributed by atoms with Crippen molar-refractivity contribution in [2.45, 2.75) is 13.0 Å². The van der Waals surface area contributed by atoms with Gasteiger partial charge < -0.3 is 10.2 Å². The lowest BCUT2D eigenvalue weighted by molar-refractivity contribution is 0.0709. The summed E-state index contributed by atoms with van der Waals surface area (Å²) in [4.78, 5) is 14.0. The summed E-state index contributed by atoms with van der Waals surface area (Å²) in [6, 6.07) is 2.83. The Morgan fingerprint density at radius 2 is 2.33 bits per heavy atom. The van der Waals surface area contributed by atoms with Crippen molar-refractivity contribution in [1.29, 1.82) is 0 Å². The zero-order valence-corrected chi connectivity index (χ0v) is 12.2. The number of piperazine rings is 1. The van der Waals surface area contributed by atoms with Gasteiger partial charge in [0.2, 0.25) is 0 Å². The van der Waals surface area contributed by atoms with Gasteiger partial charge in [-0.1, -0.05) is 11.6 Å². The number of nitrogens with one attached hydrogen (secondary N) is 1. The lowest BCUT2D eigenvalue weighted by atomic mass is 10.1. The van der Waals surface area contributed by atoms with E-state index in [1.165, 1.54) is 12.1 Å². The molecule has 0 saturated carbocycles. The summed E-state index contributed by atoms with van der Waals surface area (Å²) in [6.45, 7) is 3.96. The van der Waals surface area contributed by atoms with E-state index < -0.39 is 5.82 Å². The van der Waals surface area contributed by atoms with Gasteiger partial charge in [0.15, 0.2) is 0 Å². The van der Waals surface area contributed by atoms with Crippen LogP contribution >= 0.6 is 27.5 Å². The van der Waals surface area contributed by atoms with Crippen LogP contribution < -0.4 is 5.32 Å². The third-order valence-electron chi connectivity index (χ3n) is 2.90. The lowest BCUT2D eigenvalue weighted by Gasteiger charge is -2.32. The van der Waals surface area contributed by atoms with E-state index in [1.54, 1.807) is 4.90 Å². The second-order valence-corrected chi connectivity index (χ2v) is 5.61. The maximum atomic E-state index is 13.5. The normalized spacial score (nSPS) is 20.0. The predicted molar refractivity (Wildman–Crippen MR) is 72.5 cm³/mol. The first-order valence-corrected chi connectivity index (χ1v) is 6.83. The van der Waals surface area contributed by atoms with Crippen molar-refractivity contribution in [3.05, 3.63) is 33.0 Å². The highest BCUT2D eigenvalue weighted by Crippen LogP contribution is 2.26. The molecule has 1 aliphatic heterocycles. The van der Waals surface area contributed by atoms with Gasteiger partial charge in [0.25, 0.3) is 5.91 Å². The molecule has 1 saturated heterocycles. The van der Waals surface area contributed by atoms with Crippen LogP contribution in [-0.2, 0) is 0 Å². The Morgan fingerprint density at radius 1 is 1.61 bits per heavy atom. The van der Waals surface area contributed by atoms with Crippen LogP contribution in [-0.4, -0.2) is 36.5 Å². The van der Waals surface area contributed by atoms with Gasteiger partial charge in [0.05, 0.1) is 15.1 Å². The maximum absolute atomic E-state index is 13.5. The summed E-state index contributed by atoms with van der Waals surface area (Å²) >= 11 is 9.03. The topological polar surface area (TPSA) is 32.3 Å². The number of hydrogen-bond acceptors (Lipinski definition) is 2. The predicted octanol–water partition coefficient (Wildman–Crippen LogP) is 2.68. The molecule has 0 aromatic heterocycles. The van der Waals surface area contributed by atoms with Crippen LogP contribution in [0.4, 0.5) is 4.39 Å². The third kappa shape index (κ3) is 2.84. The van der Waals surface area contributed by atoms with Crippen LogP contribution in [0.2, 0.25) is 5.02 Å². The Hall–Kier alpha value is -0.650. The number of carbonyl (C=O) groups excluding carboxylic acids is 1.